The van der Waals surface area contributed by atoms with E-state index in [4.69, 9.17) is 15.2 Å². The molecule has 0 aliphatic carbocycles. The van der Waals surface area contributed by atoms with Gasteiger partial charge < -0.3 is 25.5 Å². The molecular weight excluding hydrogens is 428 g/mol. The van der Waals surface area contributed by atoms with Crippen molar-refractivity contribution in [2.75, 3.05) is 45.1 Å². The molecule has 1 aliphatic rings. The topological polar surface area (TPSA) is 157 Å². The number of aromatic amines is 1. The zero-order valence-electron chi connectivity index (χ0n) is 17.7. The lowest BCUT2D eigenvalue weighted by Gasteiger charge is -2.26. The summed E-state index contributed by atoms with van der Waals surface area (Å²) in [5.41, 5.74) is 7.83. The number of carbonyl (C=O) groups is 1. The molecule has 1 amide bonds. The Bertz CT molecular complexity index is 1260. The van der Waals surface area contributed by atoms with Crippen molar-refractivity contribution in [3.63, 3.8) is 0 Å². The van der Waals surface area contributed by atoms with E-state index < -0.39 is 0 Å². The third-order valence-corrected chi connectivity index (χ3v) is 5.22. The number of anilines is 1. The number of nitrogens with one attached hydrogen (secondary N) is 2. The monoisotopic (exact) mass is 450 g/mol. The van der Waals surface area contributed by atoms with E-state index in [0.29, 0.717) is 46.3 Å². The molecule has 4 heterocycles. The van der Waals surface area contributed by atoms with Gasteiger partial charge in [0.15, 0.2) is 17.3 Å². The Kier molecular flexibility index (Phi) is 5.83. The molecule has 170 valence electrons. The molecule has 1 aliphatic heterocycles. The third kappa shape index (κ3) is 4.76. The number of nitrogens with zero attached hydrogens (tertiary/aromatic N) is 5. The van der Waals surface area contributed by atoms with Gasteiger partial charge in [-0.05, 0) is 28.5 Å². The number of hydrogen-bond acceptors (Lipinski definition) is 10. The van der Waals surface area contributed by atoms with Crippen molar-refractivity contribution >= 4 is 22.8 Å². The van der Waals surface area contributed by atoms with Crippen LogP contribution >= 0.6 is 0 Å². The fourth-order valence-corrected chi connectivity index (χ4v) is 3.50. The van der Waals surface area contributed by atoms with Crippen molar-refractivity contribution in [2.24, 2.45) is 0 Å². The summed E-state index contributed by atoms with van der Waals surface area (Å²) in [6, 6.07) is 8.64. The van der Waals surface area contributed by atoms with Gasteiger partial charge in [0.05, 0.1) is 24.9 Å². The van der Waals surface area contributed by atoms with Crippen LogP contribution in [0.2, 0.25) is 0 Å². The summed E-state index contributed by atoms with van der Waals surface area (Å²) in [5, 5.41) is 10.2. The van der Waals surface area contributed by atoms with Gasteiger partial charge in [0, 0.05) is 37.8 Å². The number of morpholine rings is 1. The van der Waals surface area contributed by atoms with E-state index in [-0.39, 0.29) is 11.7 Å². The number of aromatic nitrogens is 5. The van der Waals surface area contributed by atoms with Crippen LogP contribution in [-0.4, -0.2) is 75.5 Å². The molecule has 1 fully saturated rings. The predicted octanol–water partition coefficient (Wildman–Crippen LogP) is 1.44. The van der Waals surface area contributed by atoms with Gasteiger partial charge in [-0.25, -0.2) is 14.6 Å². The number of carbonyl (C=O) groups excluding carboxylic acids is 1. The molecule has 5 rings (SSSR count). The molecule has 33 heavy (non-hydrogen) atoms. The summed E-state index contributed by atoms with van der Waals surface area (Å²) in [7, 11) is 0. The minimum absolute atomic E-state index is 0.138. The summed E-state index contributed by atoms with van der Waals surface area (Å²) in [4.78, 5) is 26.6. The van der Waals surface area contributed by atoms with E-state index in [2.05, 4.69) is 40.1 Å². The molecule has 3 aromatic heterocycles. The van der Waals surface area contributed by atoms with E-state index >= 15 is 0 Å². The first-order chi connectivity index (χ1) is 16.2. The van der Waals surface area contributed by atoms with Gasteiger partial charge >= 0.3 is 0 Å². The Labute approximate surface area is 188 Å². The molecule has 0 spiro atoms. The minimum atomic E-state index is -0.158. The Balaban J connectivity index is 1.24. The zero-order valence-corrected chi connectivity index (χ0v) is 17.7. The molecule has 12 nitrogen and oxygen atoms in total. The van der Waals surface area contributed by atoms with E-state index in [9.17, 15) is 4.79 Å². The molecule has 0 saturated carbocycles. The van der Waals surface area contributed by atoms with Crippen LogP contribution in [0.5, 0.6) is 11.6 Å². The van der Waals surface area contributed by atoms with Gasteiger partial charge in [-0.15, -0.1) is 0 Å². The number of benzene rings is 1. The van der Waals surface area contributed by atoms with E-state index in [0.717, 1.165) is 32.8 Å². The average molecular weight is 450 g/mol. The van der Waals surface area contributed by atoms with Gasteiger partial charge in [-0.3, -0.25) is 9.69 Å². The van der Waals surface area contributed by atoms with Gasteiger partial charge in [-0.1, -0.05) is 6.07 Å². The molecular formula is C21H22N8O4. The molecule has 0 atom stereocenters. The molecule has 1 saturated heterocycles. The summed E-state index contributed by atoms with van der Waals surface area (Å²) in [6.07, 6.45) is 1.57. The first-order valence-electron chi connectivity index (χ1n) is 10.5. The standard InChI is InChI=1S/C21H22N8O4/c22-19-18(27-33-28-19)20-25-15-11-17(24-12-16(15)26-20)32-14-3-1-2-13(10-14)21(30)23-4-5-29-6-8-31-9-7-29/h1-3,10-12H,4-9H2,(H2,22,28)(H,23,30)(H,25,26). The maximum absolute atomic E-state index is 12.5. The highest BCUT2D eigenvalue weighted by atomic mass is 16.6. The molecule has 4 N–H and O–H groups in total. The summed E-state index contributed by atoms with van der Waals surface area (Å²) in [5.74, 6) is 1.23. The van der Waals surface area contributed by atoms with Crippen LogP contribution in [0, 0.1) is 0 Å². The fourth-order valence-electron chi connectivity index (χ4n) is 3.50. The van der Waals surface area contributed by atoms with Gasteiger partial charge in [0.25, 0.3) is 5.91 Å². The number of H-pyrrole nitrogens is 1. The number of imidazole rings is 1. The predicted molar refractivity (Wildman–Crippen MR) is 118 cm³/mol. The smallest absolute Gasteiger partial charge is 0.251 e. The summed E-state index contributed by atoms with van der Waals surface area (Å²) >= 11 is 0. The lowest BCUT2D eigenvalue weighted by atomic mass is 10.2. The molecule has 0 unspecified atom stereocenters. The third-order valence-electron chi connectivity index (χ3n) is 5.22. The van der Waals surface area contributed by atoms with Crippen LogP contribution in [0.3, 0.4) is 0 Å². The van der Waals surface area contributed by atoms with E-state index in [1.54, 1.807) is 36.5 Å². The maximum Gasteiger partial charge on any atom is 0.251 e. The second kappa shape index (κ2) is 9.22. The van der Waals surface area contributed by atoms with Crippen LogP contribution in [0.1, 0.15) is 10.4 Å². The first kappa shape index (κ1) is 20.8. The van der Waals surface area contributed by atoms with Crippen LogP contribution in [0.25, 0.3) is 22.6 Å². The number of hydrogen-bond donors (Lipinski definition) is 3. The normalized spacial score (nSPS) is 14.4. The largest absolute Gasteiger partial charge is 0.439 e. The Morgan fingerprint density at radius 3 is 2.94 bits per heavy atom. The minimum Gasteiger partial charge on any atom is -0.439 e. The second-order valence-corrected chi connectivity index (χ2v) is 7.46. The van der Waals surface area contributed by atoms with Crippen molar-refractivity contribution in [1.29, 1.82) is 0 Å². The summed E-state index contributed by atoms with van der Waals surface area (Å²) in [6.45, 7) is 4.60. The average Bonchev–Trinajstić information content (AvgIpc) is 3.45. The highest BCUT2D eigenvalue weighted by Crippen LogP contribution is 2.26. The lowest BCUT2D eigenvalue weighted by molar-refractivity contribution is 0.0383. The van der Waals surface area contributed by atoms with Crippen molar-refractivity contribution in [1.82, 2.24) is 35.5 Å². The van der Waals surface area contributed by atoms with Crippen LogP contribution in [0.15, 0.2) is 41.2 Å². The molecule has 0 bridgehead atoms. The van der Waals surface area contributed by atoms with Gasteiger partial charge in [0.2, 0.25) is 5.88 Å². The summed E-state index contributed by atoms with van der Waals surface area (Å²) < 4.78 is 15.8. The number of ether oxygens (including phenoxy) is 2. The van der Waals surface area contributed by atoms with Crippen molar-refractivity contribution in [3.05, 3.63) is 42.1 Å². The van der Waals surface area contributed by atoms with Crippen LogP contribution in [0.4, 0.5) is 5.82 Å². The van der Waals surface area contributed by atoms with Crippen LogP contribution in [-0.2, 0) is 4.74 Å². The lowest BCUT2D eigenvalue weighted by Crippen LogP contribution is -2.41. The fraction of sp³-hybridized carbons (Fsp3) is 0.286. The van der Waals surface area contributed by atoms with E-state index in [1.165, 1.54) is 0 Å². The SMILES string of the molecule is Nc1nonc1-c1nc2cnc(Oc3cccc(C(=O)NCCN4CCOCC4)c3)cc2[nH]1. The number of nitrogen functional groups attached to an aromatic ring is 1. The zero-order chi connectivity index (χ0) is 22.6. The molecule has 4 aromatic rings. The number of pyridine rings is 1. The van der Waals surface area contributed by atoms with Crippen molar-refractivity contribution in [2.45, 2.75) is 0 Å². The number of nitrogens with two attached hydrogens (primary N) is 1. The Morgan fingerprint density at radius 1 is 1.24 bits per heavy atom. The maximum atomic E-state index is 12.5. The second-order valence-electron chi connectivity index (χ2n) is 7.46. The highest BCUT2D eigenvalue weighted by Gasteiger charge is 2.15. The van der Waals surface area contributed by atoms with Crippen molar-refractivity contribution in [3.8, 4) is 23.1 Å². The first-order valence-corrected chi connectivity index (χ1v) is 10.5. The molecule has 12 heteroatoms. The highest BCUT2D eigenvalue weighted by molar-refractivity contribution is 5.94. The Hall–Kier alpha value is -4.03. The van der Waals surface area contributed by atoms with Gasteiger partial charge in [0.1, 0.15) is 11.3 Å². The van der Waals surface area contributed by atoms with Gasteiger partial charge in [-0.2, -0.15) is 0 Å². The number of fused-ring (bicyclic) bond motifs is 1. The number of rotatable bonds is 7. The van der Waals surface area contributed by atoms with Crippen molar-refractivity contribution < 1.29 is 18.9 Å². The molecule has 1 aromatic carbocycles. The van der Waals surface area contributed by atoms with E-state index in [1.807, 2.05) is 0 Å². The molecule has 0 radical (unpaired) electrons. The Morgan fingerprint density at radius 2 is 2.12 bits per heavy atom. The van der Waals surface area contributed by atoms with Crippen LogP contribution < -0.4 is 15.8 Å². The number of amides is 1. The quantitative estimate of drug-likeness (QED) is 0.376.